The second kappa shape index (κ2) is 7.65. The van der Waals surface area contributed by atoms with Crippen molar-refractivity contribution in [2.45, 2.75) is 51.7 Å². The second-order valence-corrected chi connectivity index (χ2v) is 5.80. The number of nitrogens with one attached hydrogen (secondary N) is 1. The Labute approximate surface area is 122 Å². The molecule has 3 heteroatoms. The number of ether oxygens (including phenoxy) is 2. The van der Waals surface area contributed by atoms with Crippen molar-refractivity contribution in [1.29, 1.82) is 0 Å². The average Bonchev–Trinajstić information content (AvgIpc) is 2.91. The van der Waals surface area contributed by atoms with E-state index in [-0.39, 0.29) is 6.10 Å². The summed E-state index contributed by atoms with van der Waals surface area (Å²) in [5, 5.41) is 3.34. The molecule has 2 rings (SSSR count). The SMILES string of the molecule is CCNCC1CCC(COc2ccc(C(C)C)cc2)O1. The van der Waals surface area contributed by atoms with Crippen molar-refractivity contribution in [3.05, 3.63) is 29.8 Å². The van der Waals surface area contributed by atoms with Crippen LogP contribution < -0.4 is 10.1 Å². The molecule has 0 radical (unpaired) electrons. The van der Waals surface area contributed by atoms with Crippen LogP contribution >= 0.6 is 0 Å². The van der Waals surface area contributed by atoms with E-state index >= 15 is 0 Å². The maximum Gasteiger partial charge on any atom is 0.119 e. The van der Waals surface area contributed by atoms with E-state index in [1.54, 1.807) is 0 Å². The van der Waals surface area contributed by atoms with E-state index < -0.39 is 0 Å². The molecule has 3 nitrogen and oxygen atoms in total. The summed E-state index contributed by atoms with van der Waals surface area (Å²) in [4.78, 5) is 0. The summed E-state index contributed by atoms with van der Waals surface area (Å²) >= 11 is 0. The zero-order valence-electron chi connectivity index (χ0n) is 12.9. The van der Waals surface area contributed by atoms with Gasteiger partial charge < -0.3 is 14.8 Å². The molecule has 1 aromatic carbocycles. The molecule has 0 aliphatic carbocycles. The Morgan fingerprint density at radius 2 is 1.90 bits per heavy atom. The van der Waals surface area contributed by atoms with E-state index in [0.29, 0.717) is 18.6 Å². The van der Waals surface area contributed by atoms with Gasteiger partial charge in [-0.15, -0.1) is 0 Å². The molecule has 2 unspecified atom stereocenters. The van der Waals surface area contributed by atoms with Crippen molar-refractivity contribution in [3.63, 3.8) is 0 Å². The Kier molecular flexibility index (Phi) is 5.86. The third kappa shape index (κ3) is 4.50. The molecule has 0 bridgehead atoms. The second-order valence-electron chi connectivity index (χ2n) is 5.80. The lowest BCUT2D eigenvalue weighted by molar-refractivity contribution is 0.0188. The van der Waals surface area contributed by atoms with E-state index in [0.717, 1.165) is 31.7 Å². The number of benzene rings is 1. The van der Waals surface area contributed by atoms with Crippen LogP contribution in [0.25, 0.3) is 0 Å². The quantitative estimate of drug-likeness (QED) is 0.829. The first-order valence-electron chi connectivity index (χ1n) is 7.78. The summed E-state index contributed by atoms with van der Waals surface area (Å²) in [6.45, 7) is 9.14. The fraction of sp³-hybridized carbons (Fsp3) is 0.647. The Morgan fingerprint density at radius 3 is 2.55 bits per heavy atom. The van der Waals surface area contributed by atoms with E-state index in [2.05, 4.69) is 50.4 Å². The summed E-state index contributed by atoms with van der Waals surface area (Å²) in [7, 11) is 0. The van der Waals surface area contributed by atoms with E-state index in [9.17, 15) is 0 Å². The first kappa shape index (κ1) is 15.3. The zero-order valence-corrected chi connectivity index (χ0v) is 12.9. The Hall–Kier alpha value is -1.06. The first-order valence-corrected chi connectivity index (χ1v) is 7.78. The number of likely N-dealkylation sites (N-methyl/N-ethyl adjacent to an activating group) is 1. The Morgan fingerprint density at radius 1 is 1.20 bits per heavy atom. The number of hydrogen-bond acceptors (Lipinski definition) is 3. The van der Waals surface area contributed by atoms with Crippen LogP contribution in [0.3, 0.4) is 0 Å². The lowest BCUT2D eigenvalue weighted by Gasteiger charge is -2.15. The molecule has 1 aliphatic rings. The molecule has 0 saturated carbocycles. The summed E-state index contributed by atoms with van der Waals surface area (Å²) in [5.74, 6) is 1.50. The van der Waals surface area contributed by atoms with E-state index in [4.69, 9.17) is 9.47 Å². The summed E-state index contributed by atoms with van der Waals surface area (Å²) in [6, 6.07) is 8.40. The summed E-state index contributed by atoms with van der Waals surface area (Å²) < 4.78 is 11.8. The van der Waals surface area contributed by atoms with Gasteiger partial charge in [0.2, 0.25) is 0 Å². The van der Waals surface area contributed by atoms with Crippen LogP contribution in [-0.4, -0.2) is 31.9 Å². The molecule has 1 heterocycles. The van der Waals surface area contributed by atoms with Crippen LogP contribution in [0.5, 0.6) is 5.75 Å². The molecule has 1 fully saturated rings. The molecule has 1 saturated heterocycles. The lowest BCUT2D eigenvalue weighted by atomic mass is 10.0. The van der Waals surface area contributed by atoms with Gasteiger partial charge in [-0.05, 0) is 43.0 Å². The van der Waals surface area contributed by atoms with Gasteiger partial charge in [-0.25, -0.2) is 0 Å². The molecule has 112 valence electrons. The minimum absolute atomic E-state index is 0.239. The predicted octanol–water partition coefficient (Wildman–Crippen LogP) is 3.35. The topological polar surface area (TPSA) is 30.5 Å². The zero-order chi connectivity index (χ0) is 14.4. The van der Waals surface area contributed by atoms with E-state index in [1.165, 1.54) is 5.56 Å². The third-order valence-corrected chi connectivity index (χ3v) is 3.80. The van der Waals surface area contributed by atoms with Gasteiger partial charge in [-0.1, -0.05) is 32.9 Å². The fourth-order valence-corrected chi connectivity index (χ4v) is 2.50. The molecular weight excluding hydrogens is 250 g/mol. The molecule has 0 amide bonds. The minimum Gasteiger partial charge on any atom is -0.491 e. The lowest BCUT2D eigenvalue weighted by Crippen LogP contribution is -2.28. The van der Waals surface area contributed by atoms with Gasteiger partial charge in [0.1, 0.15) is 12.4 Å². The largest absolute Gasteiger partial charge is 0.491 e. The van der Waals surface area contributed by atoms with Crippen molar-refractivity contribution < 1.29 is 9.47 Å². The Balaban J connectivity index is 1.73. The first-order chi connectivity index (χ1) is 9.69. The van der Waals surface area contributed by atoms with Crippen molar-refractivity contribution in [3.8, 4) is 5.75 Å². The summed E-state index contributed by atoms with van der Waals surface area (Å²) in [6.07, 6.45) is 2.82. The molecule has 1 aromatic rings. The van der Waals surface area contributed by atoms with Crippen LogP contribution in [0.2, 0.25) is 0 Å². The standard InChI is InChI=1S/C17H27NO2/c1-4-18-11-16-9-10-17(20-16)12-19-15-7-5-14(6-8-15)13(2)3/h5-8,13,16-18H,4,9-12H2,1-3H3. The monoisotopic (exact) mass is 277 g/mol. The number of rotatable bonds is 7. The summed E-state index contributed by atoms with van der Waals surface area (Å²) in [5.41, 5.74) is 1.35. The molecular formula is C17H27NO2. The minimum atomic E-state index is 0.239. The highest BCUT2D eigenvalue weighted by Gasteiger charge is 2.25. The molecule has 1 aliphatic heterocycles. The molecule has 0 aromatic heterocycles. The molecule has 2 atom stereocenters. The van der Waals surface area contributed by atoms with Gasteiger partial charge in [0.25, 0.3) is 0 Å². The number of hydrogen-bond donors (Lipinski definition) is 1. The normalized spacial score (nSPS) is 22.4. The Bertz CT molecular complexity index is 388. The smallest absolute Gasteiger partial charge is 0.119 e. The van der Waals surface area contributed by atoms with Crippen LogP contribution in [-0.2, 0) is 4.74 Å². The highest BCUT2D eigenvalue weighted by molar-refractivity contribution is 5.28. The highest BCUT2D eigenvalue weighted by atomic mass is 16.5. The molecule has 0 spiro atoms. The average molecular weight is 277 g/mol. The van der Waals surface area contributed by atoms with Gasteiger partial charge >= 0.3 is 0 Å². The maximum atomic E-state index is 5.96. The van der Waals surface area contributed by atoms with Crippen molar-refractivity contribution in [1.82, 2.24) is 5.32 Å². The van der Waals surface area contributed by atoms with Crippen molar-refractivity contribution in [2.75, 3.05) is 19.7 Å². The fourth-order valence-electron chi connectivity index (χ4n) is 2.50. The van der Waals surface area contributed by atoms with Crippen molar-refractivity contribution >= 4 is 0 Å². The van der Waals surface area contributed by atoms with Crippen LogP contribution in [0, 0.1) is 0 Å². The van der Waals surface area contributed by atoms with E-state index in [1.807, 2.05) is 0 Å². The predicted molar refractivity (Wildman–Crippen MR) is 82.5 cm³/mol. The van der Waals surface area contributed by atoms with Crippen LogP contribution in [0.4, 0.5) is 0 Å². The van der Waals surface area contributed by atoms with Gasteiger partial charge in [-0.2, -0.15) is 0 Å². The van der Waals surface area contributed by atoms with Crippen molar-refractivity contribution in [2.24, 2.45) is 0 Å². The highest BCUT2D eigenvalue weighted by Crippen LogP contribution is 2.22. The third-order valence-electron chi connectivity index (χ3n) is 3.80. The molecule has 1 N–H and O–H groups in total. The van der Waals surface area contributed by atoms with Crippen LogP contribution in [0.15, 0.2) is 24.3 Å². The van der Waals surface area contributed by atoms with Gasteiger partial charge in [-0.3, -0.25) is 0 Å². The maximum absolute atomic E-state index is 5.96. The van der Waals surface area contributed by atoms with Gasteiger partial charge in [0.05, 0.1) is 12.2 Å². The molecule has 20 heavy (non-hydrogen) atoms. The van der Waals surface area contributed by atoms with Gasteiger partial charge in [0, 0.05) is 6.54 Å². The van der Waals surface area contributed by atoms with Gasteiger partial charge in [0.15, 0.2) is 0 Å². The van der Waals surface area contributed by atoms with Crippen LogP contribution in [0.1, 0.15) is 45.1 Å².